The van der Waals surface area contributed by atoms with Crippen molar-refractivity contribution in [3.05, 3.63) is 44.2 Å². The van der Waals surface area contributed by atoms with Crippen LogP contribution in [0.5, 0.6) is 5.75 Å². The Morgan fingerprint density at radius 2 is 1.81 bits per heavy atom. The van der Waals surface area contributed by atoms with Gasteiger partial charge in [-0.3, -0.25) is 14.4 Å². The number of carbonyl (C=O) groups excluding carboxylic acids is 1. The first kappa shape index (κ1) is 20.5. The Morgan fingerprint density at radius 1 is 1.15 bits per heavy atom. The number of nitrogens with one attached hydrogen (secondary N) is 2. The number of nitrogens with zero attached hydrogens (tertiary/aromatic N) is 1. The topological polar surface area (TPSA) is 98.7 Å². The zero-order valence-corrected chi connectivity index (χ0v) is 16.3. The lowest BCUT2D eigenvalue weighted by atomic mass is 10.1. The van der Waals surface area contributed by atoms with Crippen LogP contribution in [0.1, 0.15) is 49.9 Å². The molecular formula is C20H27N3O4. The number of unbranched alkanes of at least 4 members (excludes halogenated alkanes) is 2. The van der Waals surface area contributed by atoms with Gasteiger partial charge in [0.25, 0.3) is 16.8 Å². The van der Waals surface area contributed by atoms with Crippen LogP contribution in [0.4, 0.5) is 17.1 Å². The van der Waals surface area contributed by atoms with E-state index in [1.807, 2.05) is 6.92 Å². The molecule has 27 heavy (non-hydrogen) atoms. The molecule has 1 atom stereocenters. The van der Waals surface area contributed by atoms with E-state index < -0.39 is 10.9 Å². The summed E-state index contributed by atoms with van der Waals surface area (Å²) in [6.45, 7) is 4.09. The van der Waals surface area contributed by atoms with Gasteiger partial charge in [0.05, 0.1) is 11.3 Å². The maximum Gasteiger partial charge on any atom is 0.257 e. The van der Waals surface area contributed by atoms with Gasteiger partial charge in [0.15, 0.2) is 5.75 Å². The molecule has 0 heterocycles. The van der Waals surface area contributed by atoms with Crippen LogP contribution in [-0.2, 0) is 0 Å². The summed E-state index contributed by atoms with van der Waals surface area (Å²) in [6.07, 6.45) is 4.16. The fourth-order valence-electron chi connectivity index (χ4n) is 2.86. The highest BCUT2D eigenvalue weighted by molar-refractivity contribution is 5.99. The van der Waals surface area contributed by atoms with E-state index in [2.05, 4.69) is 17.6 Å². The Balaban J connectivity index is 2.21. The second-order valence-electron chi connectivity index (χ2n) is 6.98. The molecule has 0 spiro atoms. The van der Waals surface area contributed by atoms with E-state index >= 15 is 0 Å². The van der Waals surface area contributed by atoms with Crippen molar-refractivity contribution < 1.29 is 9.90 Å². The van der Waals surface area contributed by atoms with Gasteiger partial charge >= 0.3 is 0 Å². The summed E-state index contributed by atoms with van der Waals surface area (Å²) in [5, 5.41) is 16.3. The predicted octanol–water partition coefficient (Wildman–Crippen LogP) is 2.81. The largest absolute Gasteiger partial charge is 0.505 e. The lowest BCUT2D eigenvalue weighted by Gasteiger charge is -2.20. The molecule has 1 unspecified atom stereocenters. The van der Waals surface area contributed by atoms with Crippen molar-refractivity contribution in [3.8, 4) is 5.75 Å². The van der Waals surface area contributed by atoms with Gasteiger partial charge in [0.1, 0.15) is 11.4 Å². The van der Waals surface area contributed by atoms with Gasteiger partial charge < -0.3 is 20.6 Å². The van der Waals surface area contributed by atoms with E-state index in [4.69, 9.17) is 0 Å². The number of anilines is 3. The molecule has 0 aliphatic rings. The van der Waals surface area contributed by atoms with Crippen molar-refractivity contribution in [2.75, 3.05) is 24.7 Å². The number of benzene rings is 1. The standard InChI is InChI=1S/C20H27N3O4/c1-5-6-7-9-12(2)21-15-16(19(26)18(15)25)22-14-11-8-10-13(17(14)24)20(27)23(3)4/h8,10-12,21-22,24H,5-7,9H2,1-4H3. The van der Waals surface area contributed by atoms with Gasteiger partial charge in [-0.2, -0.15) is 0 Å². The quantitative estimate of drug-likeness (QED) is 0.355. The number of hydrogen-bond acceptors (Lipinski definition) is 6. The second kappa shape index (κ2) is 8.70. The number of carbonyl (C=O) groups is 1. The van der Waals surface area contributed by atoms with E-state index in [0.717, 1.165) is 25.7 Å². The van der Waals surface area contributed by atoms with Crippen LogP contribution in [0.25, 0.3) is 0 Å². The molecule has 2 aromatic rings. The number of amides is 1. The average molecular weight is 373 g/mol. The normalized spacial score (nSPS) is 12.0. The van der Waals surface area contributed by atoms with Crippen molar-refractivity contribution in [1.82, 2.24) is 4.90 Å². The molecule has 0 bridgehead atoms. The molecule has 0 saturated heterocycles. The maximum absolute atomic E-state index is 12.1. The first-order valence-corrected chi connectivity index (χ1v) is 9.18. The van der Waals surface area contributed by atoms with Crippen LogP contribution in [0.2, 0.25) is 0 Å². The van der Waals surface area contributed by atoms with Crippen LogP contribution in [0, 0.1) is 0 Å². The molecule has 0 aromatic heterocycles. The molecule has 3 N–H and O–H groups in total. The van der Waals surface area contributed by atoms with Gasteiger partial charge in [0, 0.05) is 20.1 Å². The Morgan fingerprint density at radius 3 is 2.44 bits per heavy atom. The van der Waals surface area contributed by atoms with Crippen LogP contribution in [-0.4, -0.2) is 36.1 Å². The number of phenols is 1. The van der Waals surface area contributed by atoms with E-state index in [-0.39, 0.29) is 40.3 Å². The van der Waals surface area contributed by atoms with Gasteiger partial charge in [-0.25, -0.2) is 0 Å². The van der Waals surface area contributed by atoms with Crippen LogP contribution < -0.4 is 21.5 Å². The third-order valence-corrected chi connectivity index (χ3v) is 4.47. The lowest BCUT2D eigenvalue weighted by Crippen LogP contribution is -2.38. The van der Waals surface area contributed by atoms with Crippen molar-refractivity contribution in [1.29, 1.82) is 0 Å². The summed E-state index contributed by atoms with van der Waals surface area (Å²) in [6, 6.07) is 4.70. The highest BCUT2D eigenvalue weighted by Crippen LogP contribution is 2.32. The molecule has 0 radical (unpaired) electrons. The number of phenolic OH excluding ortho intramolecular Hbond substituents is 1. The van der Waals surface area contributed by atoms with Crippen molar-refractivity contribution in [2.24, 2.45) is 0 Å². The molecule has 7 nitrogen and oxygen atoms in total. The molecule has 0 saturated carbocycles. The predicted molar refractivity (Wildman–Crippen MR) is 108 cm³/mol. The van der Waals surface area contributed by atoms with Gasteiger partial charge in [-0.15, -0.1) is 0 Å². The summed E-state index contributed by atoms with van der Waals surface area (Å²) in [5.41, 5.74) is -0.538. The van der Waals surface area contributed by atoms with Crippen molar-refractivity contribution >= 4 is 23.0 Å². The third-order valence-electron chi connectivity index (χ3n) is 4.47. The SMILES string of the molecule is CCCCCC(C)Nc1c(Nc2cccc(C(=O)N(C)C)c2O)c(=O)c1=O. The average Bonchev–Trinajstić information content (AvgIpc) is 2.65. The van der Waals surface area contributed by atoms with E-state index in [1.54, 1.807) is 26.2 Å². The lowest BCUT2D eigenvalue weighted by molar-refractivity contribution is 0.0824. The van der Waals surface area contributed by atoms with Gasteiger partial charge in [-0.1, -0.05) is 32.3 Å². The molecule has 0 fully saturated rings. The molecule has 2 aromatic carbocycles. The number of para-hydroxylation sites is 1. The zero-order chi connectivity index (χ0) is 20.1. The summed E-state index contributed by atoms with van der Waals surface area (Å²) < 4.78 is 0. The maximum atomic E-state index is 12.1. The van der Waals surface area contributed by atoms with Crippen molar-refractivity contribution in [2.45, 2.75) is 45.6 Å². The molecule has 146 valence electrons. The zero-order valence-electron chi connectivity index (χ0n) is 16.3. The Hall–Kier alpha value is -2.83. The fraction of sp³-hybridized carbons (Fsp3) is 0.450. The first-order valence-electron chi connectivity index (χ1n) is 9.18. The number of hydrogen-bond donors (Lipinski definition) is 3. The highest BCUT2D eigenvalue weighted by Gasteiger charge is 2.24. The van der Waals surface area contributed by atoms with Gasteiger partial charge in [0.2, 0.25) is 0 Å². The summed E-state index contributed by atoms with van der Waals surface area (Å²) in [4.78, 5) is 37.4. The Bertz CT molecular complexity index is 882. The number of aromatic hydroxyl groups is 1. The summed E-state index contributed by atoms with van der Waals surface area (Å²) >= 11 is 0. The minimum absolute atomic E-state index is 0.0515. The highest BCUT2D eigenvalue weighted by atomic mass is 16.3. The number of rotatable bonds is 9. The molecular weight excluding hydrogens is 346 g/mol. The van der Waals surface area contributed by atoms with Crippen molar-refractivity contribution in [3.63, 3.8) is 0 Å². The molecule has 7 heteroatoms. The summed E-state index contributed by atoms with van der Waals surface area (Å²) in [5.74, 6) is -0.616. The first-order chi connectivity index (χ1) is 12.8. The molecule has 1 amide bonds. The van der Waals surface area contributed by atoms with E-state index in [0.29, 0.717) is 0 Å². The third kappa shape index (κ3) is 4.48. The molecule has 0 aliphatic heterocycles. The Labute approximate surface area is 158 Å². The second-order valence-corrected chi connectivity index (χ2v) is 6.98. The van der Waals surface area contributed by atoms with Crippen LogP contribution in [0.15, 0.2) is 27.8 Å². The minimum atomic E-state index is -0.637. The van der Waals surface area contributed by atoms with E-state index in [9.17, 15) is 19.5 Å². The van der Waals surface area contributed by atoms with Crippen LogP contribution >= 0.6 is 0 Å². The summed E-state index contributed by atoms with van der Waals surface area (Å²) in [7, 11) is 3.17. The fourth-order valence-corrected chi connectivity index (χ4v) is 2.86. The van der Waals surface area contributed by atoms with E-state index in [1.165, 1.54) is 11.0 Å². The van der Waals surface area contributed by atoms with Crippen LogP contribution in [0.3, 0.4) is 0 Å². The monoisotopic (exact) mass is 373 g/mol. The van der Waals surface area contributed by atoms with Gasteiger partial charge in [-0.05, 0) is 25.5 Å². The molecule has 0 aliphatic carbocycles. The smallest absolute Gasteiger partial charge is 0.257 e. The minimum Gasteiger partial charge on any atom is -0.505 e. The Kier molecular flexibility index (Phi) is 6.60. The molecule has 2 rings (SSSR count).